The fraction of sp³-hybridized carbons (Fsp3) is 0.467. The molecule has 1 aromatic carbocycles. The lowest BCUT2D eigenvalue weighted by Gasteiger charge is -2.08. The molecule has 2 amide bonds. The van der Waals surface area contributed by atoms with Crippen molar-refractivity contribution in [1.82, 2.24) is 4.57 Å². The predicted molar refractivity (Wildman–Crippen MR) is 172 cm³/mol. The van der Waals surface area contributed by atoms with E-state index in [-0.39, 0.29) is 47.3 Å². The number of nitrogens with one attached hydrogen (secondary N) is 1. The van der Waals surface area contributed by atoms with E-state index in [1.165, 1.54) is 28.0 Å². The summed E-state index contributed by atoms with van der Waals surface area (Å²) < 4.78 is 43.0. The van der Waals surface area contributed by atoms with Crippen LogP contribution in [0.15, 0.2) is 23.2 Å². The average molecular weight is 694 g/mol. The standard InChI is InChI=1S/C30H35N3O10S3/c1-4-41-25(36)15-33-20-13-12-18(28(37)42-5-2)14-22(20)45-30(33)32-24(35)17-46(39,40)16-23(34)31-27-26(29(38)43-6-3)19-10-8-7-9-11-21(19)44-27/h12-14H,4-11,15-17H2,1-3H3,(H,31,34). The van der Waals surface area contributed by atoms with Gasteiger partial charge in [-0.2, -0.15) is 4.99 Å². The van der Waals surface area contributed by atoms with E-state index in [9.17, 15) is 32.4 Å². The van der Waals surface area contributed by atoms with Gasteiger partial charge in [-0.15, -0.1) is 11.3 Å². The monoisotopic (exact) mass is 693 g/mol. The third-order valence-corrected chi connectivity index (χ3v) is 10.5. The number of esters is 3. The molecule has 0 saturated heterocycles. The lowest BCUT2D eigenvalue weighted by atomic mass is 10.1. The second kappa shape index (κ2) is 15.6. The van der Waals surface area contributed by atoms with Crippen LogP contribution in [-0.2, 0) is 57.8 Å². The highest BCUT2D eigenvalue weighted by molar-refractivity contribution is 7.92. The number of rotatable bonds is 12. The van der Waals surface area contributed by atoms with Crippen molar-refractivity contribution in [1.29, 1.82) is 0 Å². The number of nitrogens with zero attached hydrogens (tertiary/aromatic N) is 2. The van der Waals surface area contributed by atoms with Crippen molar-refractivity contribution in [2.75, 3.05) is 36.6 Å². The number of thiazole rings is 1. The molecule has 0 spiro atoms. The molecule has 1 aliphatic rings. The first kappa shape index (κ1) is 35.0. The summed E-state index contributed by atoms with van der Waals surface area (Å²) in [5, 5.41) is 2.79. The second-order valence-corrected chi connectivity index (χ2v) is 14.4. The van der Waals surface area contributed by atoms with E-state index in [4.69, 9.17) is 14.2 Å². The van der Waals surface area contributed by atoms with Crippen molar-refractivity contribution in [2.45, 2.75) is 59.4 Å². The van der Waals surface area contributed by atoms with Crippen LogP contribution in [0.5, 0.6) is 0 Å². The van der Waals surface area contributed by atoms with E-state index in [1.807, 2.05) is 0 Å². The number of ether oxygens (including phenoxy) is 3. The summed E-state index contributed by atoms with van der Waals surface area (Å²) in [6.07, 6.45) is 4.24. The molecule has 2 aromatic heterocycles. The van der Waals surface area contributed by atoms with E-state index in [0.29, 0.717) is 16.6 Å². The summed E-state index contributed by atoms with van der Waals surface area (Å²) in [4.78, 5) is 68.1. The summed E-state index contributed by atoms with van der Waals surface area (Å²) in [6, 6.07) is 4.60. The first-order chi connectivity index (χ1) is 22.0. The van der Waals surface area contributed by atoms with Gasteiger partial charge in [0.1, 0.15) is 23.1 Å². The van der Waals surface area contributed by atoms with Crippen molar-refractivity contribution >= 4 is 77.5 Å². The van der Waals surface area contributed by atoms with Crippen LogP contribution >= 0.6 is 22.7 Å². The lowest BCUT2D eigenvalue weighted by molar-refractivity contribution is -0.143. The summed E-state index contributed by atoms with van der Waals surface area (Å²) in [5.74, 6) is -5.80. The number of hydrogen-bond acceptors (Lipinski definition) is 12. The Kier molecular flexibility index (Phi) is 11.9. The molecule has 16 heteroatoms. The minimum absolute atomic E-state index is 0.00729. The summed E-state index contributed by atoms with van der Waals surface area (Å²) in [5.41, 5.74) is 1.79. The average Bonchev–Trinajstić information content (AvgIpc) is 3.38. The Balaban J connectivity index is 1.56. The zero-order chi connectivity index (χ0) is 33.4. The van der Waals surface area contributed by atoms with Gasteiger partial charge in [0.15, 0.2) is 14.6 Å². The normalized spacial score (nSPS) is 13.5. The molecule has 0 saturated carbocycles. The van der Waals surface area contributed by atoms with Crippen LogP contribution < -0.4 is 10.1 Å². The van der Waals surface area contributed by atoms with Crippen molar-refractivity contribution in [2.24, 2.45) is 4.99 Å². The van der Waals surface area contributed by atoms with Gasteiger partial charge in [-0.3, -0.25) is 14.4 Å². The van der Waals surface area contributed by atoms with E-state index >= 15 is 0 Å². The van der Waals surface area contributed by atoms with Crippen LogP contribution in [0.4, 0.5) is 5.00 Å². The van der Waals surface area contributed by atoms with Crippen LogP contribution in [0.25, 0.3) is 10.2 Å². The Bertz CT molecular complexity index is 1840. The Morgan fingerprint density at radius 2 is 1.59 bits per heavy atom. The summed E-state index contributed by atoms with van der Waals surface area (Å²) >= 11 is 2.21. The van der Waals surface area contributed by atoms with Crippen molar-refractivity contribution in [3.63, 3.8) is 0 Å². The number of carbonyl (C=O) groups is 5. The number of sulfone groups is 1. The van der Waals surface area contributed by atoms with E-state index in [1.54, 1.807) is 26.8 Å². The number of fused-ring (bicyclic) bond motifs is 2. The van der Waals surface area contributed by atoms with Crippen molar-refractivity contribution in [3.05, 3.63) is 44.6 Å². The number of benzene rings is 1. The van der Waals surface area contributed by atoms with Crippen molar-refractivity contribution < 1.29 is 46.6 Å². The minimum Gasteiger partial charge on any atom is -0.465 e. The number of thiophene rings is 1. The van der Waals surface area contributed by atoms with Crippen LogP contribution in [0.1, 0.15) is 71.2 Å². The number of amides is 2. The highest BCUT2D eigenvalue weighted by Gasteiger charge is 2.28. The quantitative estimate of drug-likeness (QED) is 0.168. The largest absolute Gasteiger partial charge is 0.465 e. The van der Waals surface area contributed by atoms with E-state index in [2.05, 4.69) is 10.3 Å². The van der Waals surface area contributed by atoms with Gasteiger partial charge >= 0.3 is 17.9 Å². The molecule has 1 N–H and O–H groups in total. The first-order valence-corrected chi connectivity index (χ1v) is 18.3. The molecule has 4 rings (SSSR count). The van der Waals surface area contributed by atoms with Gasteiger partial charge in [0.25, 0.3) is 5.91 Å². The Hall–Kier alpha value is -3.89. The van der Waals surface area contributed by atoms with E-state index in [0.717, 1.165) is 47.5 Å². The van der Waals surface area contributed by atoms with Crippen LogP contribution in [-0.4, -0.2) is 74.0 Å². The van der Waals surface area contributed by atoms with Crippen LogP contribution in [0.3, 0.4) is 0 Å². The molecule has 2 heterocycles. The molecule has 3 aromatic rings. The second-order valence-electron chi connectivity index (χ2n) is 10.3. The number of aromatic nitrogens is 1. The van der Waals surface area contributed by atoms with Gasteiger partial charge in [-0.25, -0.2) is 18.0 Å². The van der Waals surface area contributed by atoms with Gasteiger partial charge in [-0.1, -0.05) is 17.8 Å². The fourth-order valence-corrected chi connectivity index (χ4v) is 8.37. The van der Waals surface area contributed by atoms with Gasteiger partial charge in [-0.05, 0) is 70.2 Å². The van der Waals surface area contributed by atoms with Gasteiger partial charge in [0.2, 0.25) is 5.91 Å². The molecule has 46 heavy (non-hydrogen) atoms. The fourth-order valence-electron chi connectivity index (χ4n) is 4.98. The zero-order valence-corrected chi connectivity index (χ0v) is 28.2. The summed E-state index contributed by atoms with van der Waals surface area (Å²) in [7, 11) is -4.29. The maximum Gasteiger partial charge on any atom is 0.341 e. The van der Waals surface area contributed by atoms with Crippen molar-refractivity contribution in [3.8, 4) is 0 Å². The third kappa shape index (κ3) is 8.67. The molecule has 0 atom stereocenters. The Labute approximate surface area is 273 Å². The topological polar surface area (TPSA) is 176 Å². The molecule has 0 radical (unpaired) electrons. The SMILES string of the molecule is CCOC(=O)Cn1c(=NC(=O)CS(=O)(=O)CC(=O)Nc2sc3c(c2C(=O)OCC)CCCCC3)sc2cc(C(=O)OCC)ccc21. The number of hydrogen-bond donors (Lipinski definition) is 1. The Morgan fingerprint density at radius 1 is 0.891 bits per heavy atom. The Morgan fingerprint density at radius 3 is 2.30 bits per heavy atom. The van der Waals surface area contributed by atoms with Crippen LogP contribution in [0, 0.1) is 0 Å². The molecule has 13 nitrogen and oxygen atoms in total. The van der Waals surface area contributed by atoms with Crippen LogP contribution in [0.2, 0.25) is 0 Å². The maximum atomic E-state index is 12.9. The zero-order valence-electron chi connectivity index (χ0n) is 25.7. The van der Waals surface area contributed by atoms with E-state index < -0.39 is 51.1 Å². The number of anilines is 1. The van der Waals surface area contributed by atoms with Gasteiger partial charge in [0.05, 0.1) is 41.2 Å². The number of aryl methyl sites for hydroxylation is 1. The third-order valence-electron chi connectivity index (χ3n) is 6.85. The molecule has 248 valence electrons. The van der Waals surface area contributed by atoms with Gasteiger partial charge < -0.3 is 24.1 Å². The molecule has 0 unspecified atom stereocenters. The highest BCUT2D eigenvalue weighted by atomic mass is 32.2. The highest BCUT2D eigenvalue weighted by Crippen LogP contribution is 2.38. The molecule has 1 aliphatic carbocycles. The predicted octanol–water partition coefficient (Wildman–Crippen LogP) is 3.43. The summed E-state index contributed by atoms with van der Waals surface area (Å²) in [6.45, 7) is 5.11. The minimum atomic E-state index is -4.29. The number of carbonyl (C=O) groups excluding carboxylic acids is 5. The molecular formula is C30H35N3O10S3. The molecule has 0 bridgehead atoms. The first-order valence-electron chi connectivity index (χ1n) is 14.8. The smallest absolute Gasteiger partial charge is 0.341 e. The molecule has 0 aliphatic heterocycles. The molecule has 0 fully saturated rings. The lowest BCUT2D eigenvalue weighted by Crippen LogP contribution is -2.29. The van der Waals surface area contributed by atoms with Gasteiger partial charge in [0, 0.05) is 4.88 Å². The maximum absolute atomic E-state index is 12.9. The molecular weight excluding hydrogens is 659 g/mol.